The third kappa shape index (κ3) is 4.95. The number of nitrogens with zero attached hydrogens (tertiary/aromatic N) is 3. The predicted octanol–water partition coefficient (Wildman–Crippen LogP) is 0.731. The number of hydrogen-bond donors (Lipinski definition) is 1. The van der Waals surface area contributed by atoms with Crippen molar-refractivity contribution < 1.29 is 9.53 Å². The summed E-state index contributed by atoms with van der Waals surface area (Å²) in [5.74, 6) is 0.728. The molecular weight excluding hydrogens is 220 g/mol. The van der Waals surface area contributed by atoms with Crippen molar-refractivity contribution in [2.24, 2.45) is 0 Å². The van der Waals surface area contributed by atoms with Gasteiger partial charge in [0.2, 0.25) is 0 Å². The minimum atomic E-state index is -0.171. The van der Waals surface area contributed by atoms with E-state index in [1.54, 1.807) is 13.3 Å². The van der Waals surface area contributed by atoms with E-state index in [0.717, 1.165) is 18.8 Å². The molecule has 0 unspecified atom stereocenters. The zero-order valence-corrected chi connectivity index (χ0v) is 10.5. The van der Waals surface area contributed by atoms with Crippen LogP contribution in [0.15, 0.2) is 6.33 Å². The number of nitrogens with one attached hydrogen (secondary N) is 1. The molecule has 0 aliphatic heterocycles. The van der Waals surface area contributed by atoms with Crippen LogP contribution in [0.4, 0.5) is 0 Å². The molecule has 1 rings (SSSR count). The van der Waals surface area contributed by atoms with Crippen LogP contribution < -0.4 is 5.32 Å². The van der Waals surface area contributed by atoms with Crippen LogP contribution in [-0.2, 0) is 22.6 Å². The molecule has 0 radical (unpaired) electrons. The largest absolute Gasteiger partial charge is 0.466 e. The maximum atomic E-state index is 11.1. The summed E-state index contributed by atoms with van der Waals surface area (Å²) in [4.78, 5) is 15.2. The minimum absolute atomic E-state index is 0.171. The first-order chi connectivity index (χ1) is 8.27. The van der Waals surface area contributed by atoms with Gasteiger partial charge in [-0.05, 0) is 13.3 Å². The highest BCUT2D eigenvalue weighted by molar-refractivity contribution is 5.69. The molecule has 0 atom stereocenters. The van der Waals surface area contributed by atoms with Crippen molar-refractivity contribution in [2.45, 2.75) is 39.8 Å². The fraction of sp³-hybridized carbons (Fsp3) is 0.727. The number of carbonyl (C=O) groups excluding carboxylic acids is 1. The Labute approximate surface area is 101 Å². The molecule has 0 fully saturated rings. The van der Waals surface area contributed by atoms with Gasteiger partial charge in [-0.1, -0.05) is 6.92 Å². The van der Waals surface area contributed by atoms with Gasteiger partial charge >= 0.3 is 5.97 Å². The zero-order chi connectivity index (χ0) is 12.5. The third-order valence-electron chi connectivity index (χ3n) is 2.23. The van der Waals surface area contributed by atoms with Gasteiger partial charge in [0.15, 0.2) is 0 Å². The van der Waals surface area contributed by atoms with Crippen LogP contribution in [0.25, 0.3) is 0 Å². The summed E-state index contributed by atoms with van der Waals surface area (Å²) in [6.45, 7) is 6.42. The van der Waals surface area contributed by atoms with Gasteiger partial charge in [-0.25, -0.2) is 9.67 Å². The average molecular weight is 240 g/mol. The number of carbonyl (C=O) groups is 1. The van der Waals surface area contributed by atoms with Gasteiger partial charge in [-0.3, -0.25) is 4.79 Å². The molecular formula is C11H20N4O2. The Bertz CT molecular complexity index is 338. The molecule has 0 saturated heterocycles. The molecule has 17 heavy (non-hydrogen) atoms. The van der Waals surface area contributed by atoms with Crippen molar-refractivity contribution in [1.29, 1.82) is 0 Å². The fourth-order valence-electron chi connectivity index (χ4n) is 1.45. The predicted molar refractivity (Wildman–Crippen MR) is 63.3 cm³/mol. The van der Waals surface area contributed by atoms with Gasteiger partial charge in [-0.15, -0.1) is 0 Å². The topological polar surface area (TPSA) is 69.0 Å². The van der Waals surface area contributed by atoms with Gasteiger partial charge in [-0.2, -0.15) is 5.10 Å². The maximum Gasteiger partial charge on any atom is 0.307 e. The Morgan fingerprint density at radius 2 is 2.35 bits per heavy atom. The number of esters is 1. The van der Waals surface area contributed by atoms with Gasteiger partial charge in [0, 0.05) is 13.1 Å². The third-order valence-corrected chi connectivity index (χ3v) is 2.23. The van der Waals surface area contributed by atoms with Crippen molar-refractivity contribution in [2.75, 3.05) is 13.2 Å². The summed E-state index contributed by atoms with van der Waals surface area (Å²) in [5, 5.41) is 7.27. The lowest BCUT2D eigenvalue weighted by molar-refractivity contribution is -0.142. The van der Waals surface area contributed by atoms with E-state index < -0.39 is 0 Å². The number of rotatable bonds is 8. The van der Waals surface area contributed by atoms with Crippen LogP contribution in [0.5, 0.6) is 0 Å². The van der Waals surface area contributed by atoms with E-state index in [9.17, 15) is 4.79 Å². The van der Waals surface area contributed by atoms with Crippen LogP contribution in [0, 0.1) is 0 Å². The molecule has 6 heteroatoms. The quantitative estimate of drug-likeness (QED) is 0.536. The summed E-state index contributed by atoms with van der Waals surface area (Å²) < 4.78 is 6.70. The van der Waals surface area contributed by atoms with E-state index in [1.807, 2.05) is 4.68 Å². The van der Waals surface area contributed by atoms with E-state index >= 15 is 0 Å². The van der Waals surface area contributed by atoms with Crippen LogP contribution in [0.3, 0.4) is 0 Å². The minimum Gasteiger partial charge on any atom is -0.466 e. The second-order valence-corrected chi connectivity index (χ2v) is 3.63. The summed E-state index contributed by atoms with van der Waals surface area (Å²) in [5.41, 5.74) is 0. The molecule has 0 aliphatic carbocycles. The second-order valence-electron chi connectivity index (χ2n) is 3.63. The lowest BCUT2D eigenvalue weighted by Gasteiger charge is -2.06. The van der Waals surface area contributed by atoms with Crippen molar-refractivity contribution in [3.63, 3.8) is 0 Å². The van der Waals surface area contributed by atoms with Gasteiger partial charge in [0.1, 0.15) is 12.2 Å². The fourth-order valence-corrected chi connectivity index (χ4v) is 1.45. The van der Waals surface area contributed by atoms with Crippen molar-refractivity contribution in [3.05, 3.63) is 12.2 Å². The molecule has 0 bridgehead atoms. The highest BCUT2D eigenvalue weighted by Crippen LogP contribution is 1.95. The van der Waals surface area contributed by atoms with Crippen LogP contribution >= 0.6 is 0 Å². The standard InChI is InChI=1S/C11H20N4O2/c1-3-7-15-10(13-9-14-15)8-12-6-5-11(16)17-4-2/h9,12H,3-8H2,1-2H3. The molecule has 96 valence electrons. The lowest BCUT2D eigenvalue weighted by atomic mass is 10.4. The Hall–Kier alpha value is -1.43. The number of aryl methyl sites for hydroxylation is 1. The van der Waals surface area contributed by atoms with Crippen molar-refractivity contribution in [3.8, 4) is 0 Å². The van der Waals surface area contributed by atoms with E-state index in [4.69, 9.17) is 4.74 Å². The highest BCUT2D eigenvalue weighted by atomic mass is 16.5. The van der Waals surface area contributed by atoms with Crippen molar-refractivity contribution >= 4 is 5.97 Å². The lowest BCUT2D eigenvalue weighted by Crippen LogP contribution is -2.21. The van der Waals surface area contributed by atoms with E-state index in [0.29, 0.717) is 26.1 Å². The molecule has 0 saturated carbocycles. The first-order valence-electron chi connectivity index (χ1n) is 6.01. The molecule has 0 spiro atoms. The SMILES string of the molecule is CCCn1ncnc1CNCCC(=O)OCC. The number of ether oxygens (including phenoxy) is 1. The first kappa shape index (κ1) is 13.6. The first-order valence-corrected chi connectivity index (χ1v) is 6.01. The Morgan fingerprint density at radius 3 is 3.06 bits per heavy atom. The summed E-state index contributed by atoms with van der Waals surface area (Å²) in [7, 11) is 0. The second kappa shape index (κ2) is 7.78. The molecule has 0 amide bonds. The molecule has 1 aromatic heterocycles. The maximum absolute atomic E-state index is 11.1. The van der Waals surface area contributed by atoms with E-state index in [-0.39, 0.29) is 5.97 Å². The smallest absolute Gasteiger partial charge is 0.307 e. The number of aromatic nitrogens is 3. The van der Waals surface area contributed by atoms with Gasteiger partial charge < -0.3 is 10.1 Å². The Morgan fingerprint density at radius 1 is 1.53 bits per heavy atom. The summed E-state index contributed by atoms with van der Waals surface area (Å²) >= 11 is 0. The molecule has 1 heterocycles. The highest BCUT2D eigenvalue weighted by Gasteiger charge is 2.04. The van der Waals surface area contributed by atoms with Gasteiger partial charge in [0.05, 0.1) is 19.6 Å². The molecule has 0 aliphatic rings. The van der Waals surface area contributed by atoms with Gasteiger partial charge in [0.25, 0.3) is 0 Å². The van der Waals surface area contributed by atoms with E-state index in [2.05, 4.69) is 22.3 Å². The summed E-state index contributed by atoms with van der Waals surface area (Å²) in [6.07, 6.45) is 2.97. The zero-order valence-electron chi connectivity index (χ0n) is 10.5. The monoisotopic (exact) mass is 240 g/mol. The van der Waals surface area contributed by atoms with Crippen LogP contribution in [0.2, 0.25) is 0 Å². The van der Waals surface area contributed by atoms with Crippen LogP contribution in [0.1, 0.15) is 32.5 Å². The Balaban J connectivity index is 2.21. The Kier molecular flexibility index (Phi) is 6.24. The summed E-state index contributed by atoms with van der Waals surface area (Å²) in [6, 6.07) is 0. The van der Waals surface area contributed by atoms with Crippen LogP contribution in [-0.4, -0.2) is 33.9 Å². The normalized spacial score (nSPS) is 10.5. The average Bonchev–Trinajstić information content (AvgIpc) is 2.73. The molecule has 1 N–H and O–H groups in total. The molecule has 1 aromatic rings. The molecule has 0 aromatic carbocycles. The molecule has 6 nitrogen and oxygen atoms in total. The van der Waals surface area contributed by atoms with Crippen molar-refractivity contribution in [1.82, 2.24) is 20.1 Å². The van der Waals surface area contributed by atoms with E-state index in [1.165, 1.54) is 0 Å². The number of hydrogen-bond acceptors (Lipinski definition) is 5.